The van der Waals surface area contributed by atoms with E-state index in [2.05, 4.69) is 5.32 Å². The van der Waals surface area contributed by atoms with Crippen LogP contribution in [0.2, 0.25) is 0 Å². The molecule has 0 bridgehead atoms. The summed E-state index contributed by atoms with van der Waals surface area (Å²) < 4.78 is 15.5. The second kappa shape index (κ2) is 10.3. The van der Waals surface area contributed by atoms with Crippen LogP contribution in [0, 0.1) is 0 Å². The van der Waals surface area contributed by atoms with E-state index in [1.807, 2.05) is 6.92 Å². The van der Waals surface area contributed by atoms with Gasteiger partial charge in [0.05, 0.1) is 32.0 Å². The Bertz CT molecular complexity index is 226. The van der Waals surface area contributed by atoms with E-state index in [1.54, 1.807) is 14.0 Å². The Balaban J connectivity index is 3.59. The molecule has 18 heavy (non-hydrogen) atoms. The van der Waals surface area contributed by atoms with Gasteiger partial charge < -0.3 is 25.3 Å². The van der Waals surface area contributed by atoms with E-state index < -0.39 is 5.54 Å². The predicted octanol–water partition coefficient (Wildman–Crippen LogP) is -0.0904. The fourth-order valence-electron chi connectivity index (χ4n) is 1.43. The first kappa shape index (κ1) is 17.3. The van der Waals surface area contributed by atoms with Gasteiger partial charge in [-0.1, -0.05) is 6.92 Å². The first-order valence-electron chi connectivity index (χ1n) is 6.26. The maximum absolute atomic E-state index is 11.3. The van der Waals surface area contributed by atoms with E-state index in [4.69, 9.17) is 19.9 Å². The van der Waals surface area contributed by atoms with Crippen molar-refractivity contribution < 1.29 is 19.0 Å². The van der Waals surface area contributed by atoms with Gasteiger partial charge in [0.2, 0.25) is 5.91 Å². The average molecular weight is 262 g/mol. The number of likely N-dealkylation sites (N-methyl/N-ethyl adjacent to an activating group) is 1. The number of carbonyl (C=O) groups excluding carboxylic acids is 1. The molecule has 0 heterocycles. The fraction of sp³-hybridized carbons (Fsp3) is 0.917. The van der Waals surface area contributed by atoms with Gasteiger partial charge in [0.15, 0.2) is 0 Å². The third kappa shape index (κ3) is 7.60. The molecule has 0 aromatic carbocycles. The summed E-state index contributed by atoms with van der Waals surface area (Å²) in [5, 5.41) is 3.07. The number of ether oxygens (including phenoxy) is 3. The second-order valence-corrected chi connectivity index (χ2v) is 4.19. The normalized spacial score (nSPS) is 14.4. The van der Waals surface area contributed by atoms with Crippen molar-refractivity contribution in [1.29, 1.82) is 0 Å². The molecule has 0 saturated heterocycles. The number of methoxy groups -OCH3 is 1. The van der Waals surface area contributed by atoms with Gasteiger partial charge in [-0.3, -0.25) is 4.79 Å². The molecule has 3 N–H and O–H groups in total. The van der Waals surface area contributed by atoms with Crippen LogP contribution in [0.1, 0.15) is 20.3 Å². The minimum Gasteiger partial charge on any atom is -0.382 e. The zero-order chi connectivity index (χ0) is 13.9. The summed E-state index contributed by atoms with van der Waals surface area (Å²) in [6, 6.07) is 0. The van der Waals surface area contributed by atoms with Crippen molar-refractivity contribution in [2.45, 2.75) is 25.8 Å². The van der Waals surface area contributed by atoms with E-state index in [1.165, 1.54) is 0 Å². The van der Waals surface area contributed by atoms with Crippen LogP contribution < -0.4 is 11.1 Å². The van der Waals surface area contributed by atoms with E-state index in [-0.39, 0.29) is 5.91 Å². The summed E-state index contributed by atoms with van der Waals surface area (Å²) in [5.41, 5.74) is 4.65. The van der Waals surface area contributed by atoms with Crippen molar-refractivity contribution in [3.05, 3.63) is 0 Å². The molecule has 1 unspecified atom stereocenters. The highest BCUT2D eigenvalue weighted by Crippen LogP contribution is 2.08. The van der Waals surface area contributed by atoms with Gasteiger partial charge in [0, 0.05) is 13.7 Å². The molecule has 0 fully saturated rings. The summed E-state index contributed by atoms with van der Waals surface area (Å²) in [6.07, 6.45) is 0.550. The summed E-state index contributed by atoms with van der Waals surface area (Å²) in [4.78, 5) is 11.3. The summed E-state index contributed by atoms with van der Waals surface area (Å²) in [6.45, 7) is 7.07. The van der Waals surface area contributed by atoms with Crippen LogP contribution in [0.4, 0.5) is 0 Å². The van der Waals surface area contributed by atoms with Crippen LogP contribution >= 0.6 is 0 Å². The molecule has 6 nitrogen and oxygen atoms in total. The van der Waals surface area contributed by atoms with Crippen molar-refractivity contribution in [2.75, 3.05) is 46.7 Å². The molecule has 0 aromatic heterocycles. The van der Waals surface area contributed by atoms with Crippen LogP contribution in [-0.2, 0) is 19.0 Å². The SMILES string of the molecule is CCNC(C)(CCOCCOCCOC)C(N)=O. The van der Waals surface area contributed by atoms with Gasteiger partial charge in [0.25, 0.3) is 0 Å². The second-order valence-electron chi connectivity index (χ2n) is 4.19. The molecule has 0 aromatic rings. The number of rotatable bonds is 12. The largest absolute Gasteiger partial charge is 0.382 e. The van der Waals surface area contributed by atoms with Gasteiger partial charge in [-0.05, 0) is 19.9 Å². The average Bonchev–Trinajstić information content (AvgIpc) is 2.33. The van der Waals surface area contributed by atoms with Gasteiger partial charge in [-0.2, -0.15) is 0 Å². The number of hydrogen-bond donors (Lipinski definition) is 2. The predicted molar refractivity (Wildman–Crippen MR) is 69.4 cm³/mol. The quantitative estimate of drug-likeness (QED) is 0.480. The number of nitrogens with two attached hydrogens (primary N) is 1. The molecule has 0 spiro atoms. The number of primary amides is 1. The van der Waals surface area contributed by atoms with Gasteiger partial charge in [0.1, 0.15) is 0 Å². The third-order valence-electron chi connectivity index (χ3n) is 2.66. The molecule has 0 aliphatic rings. The lowest BCUT2D eigenvalue weighted by molar-refractivity contribution is -0.124. The Morgan fingerprint density at radius 2 is 1.72 bits per heavy atom. The first-order chi connectivity index (χ1) is 8.56. The third-order valence-corrected chi connectivity index (χ3v) is 2.66. The monoisotopic (exact) mass is 262 g/mol. The standard InChI is InChI=1S/C12H26N2O4/c1-4-14-12(2,11(13)15)5-6-17-9-10-18-8-7-16-3/h14H,4-10H2,1-3H3,(H2,13,15). The van der Waals surface area contributed by atoms with Crippen molar-refractivity contribution >= 4 is 5.91 Å². The lowest BCUT2D eigenvalue weighted by Gasteiger charge is -2.26. The molecule has 6 heteroatoms. The number of nitrogens with one attached hydrogen (secondary N) is 1. The molecular weight excluding hydrogens is 236 g/mol. The zero-order valence-electron chi connectivity index (χ0n) is 11.7. The van der Waals surface area contributed by atoms with E-state index in [9.17, 15) is 4.79 Å². The van der Waals surface area contributed by atoms with Crippen LogP contribution in [0.3, 0.4) is 0 Å². The lowest BCUT2D eigenvalue weighted by atomic mass is 9.97. The molecular formula is C12H26N2O4. The molecule has 108 valence electrons. The van der Waals surface area contributed by atoms with Gasteiger partial charge in [-0.15, -0.1) is 0 Å². The maximum Gasteiger partial charge on any atom is 0.237 e. The maximum atomic E-state index is 11.3. The minimum atomic E-state index is -0.703. The van der Waals surface area contributed by atoms with Crippen molar-refractivity contribution in [3.8, 4) is 0 Å². The Labute approximate surface area is 109 Å². The van der Waals surface area contributed by atoms with Crippen LogP contribution in [0.25, 0.3) is 0 Å². The Morgan fingerprint density at radius 1 is 1.17 bits per heavy atom. The topological polar surface area (TPSA) is 82.8 Å². The summed E-state index contributed by atoms with van der Waals surface area (Å²) in [7, 11) is 1.63. The van der Waals surface area contributed by atoms with E-state index in [0.29, 0.717) is 46.0 Å². The Kier molecular flexibility index (Phi) is 9.86. The molecule has 0 aliphatic carbocycles. The molecule has 1 atom stereocenters. The molecule has 0 aliphatic heterocycles. The van der Waals surface area contributed by atoms with Crippen molar-refractivity contribution in [1.82, 2.24) is 5.32 Å². The highest BCUT2D eigenvalue weighted by molar-refractivity contribution is 5.84. The number of carbonyl (C=O) groups is 1. The van der Waals surface area contributed by atoms with E-state index >= 15 is 0 Å². The summed E-state index contributed by atoms with van der Waals surface area (Å²) in [5.74, 6) is -0.357. The zero-order valence-corrected chi connectivity index (χ0v) is 11.7. The highest BCUT2D eigenvalue weighted by Gasteiger charge is 2.29. The smallest absolute Gasteiger partial charge is 0.237 e. The van der Waals surface area contributed by atoms with Crippen LogP contribution in [0.5, 0.6) is 0 Å². The number of amides is 1. The molecule has 1 amide bonds. The van der Waals surface area contributed by atoms with Gasteiger partial charge >= 0.3 is 0 Å². The minimum absolute atomic E-state index is 0.357. The molecule has 0 radical (unpaired) electrons. The van der Waals surface area contributed by atoms with Crippen molar-refractivity contribution in [3.63, 3.8) is 0 Å². The molecule has 0 rings (SSSR count). The summed E-state index contributed by atoms with van der Waals surface area (Å²) >= 11 is 0. The van der Waals surface area contributed by atoms with Crippen LogP contribution in [-0.4, -0.2) is 58.1 Å². The van der Waals surface area contributed by atoms with Gasteiger partial charge in [-0.25, -0.2) is 0 Å². The Hall–Kier alpha value is -0.690. The van der Waals surface area contributed by atoms with Crippen molar-refractivity contribution in [2.24, 2.45) is 5.73 Å². The van der Waals surface area contributed by atoms with E-state index in [0.717, 1.165) is 0 Å². The molecule has 0 saturated carbocycles. The highest BCUT2D eigenvalue weighted by atomic mass is 16.5. The first-order valence-corrected chi connectivity index (χ1v) is 6.26. The lowest BCUT2D eigenvalue weighted by Crippen LogP contribution is -2.53. The fourth-order valence-corrected chi connectivity index (χ4v) is 1.43. The van der Waals surface area contributed by atoms with Crippen LogP contribution in [0.15, 0.2) is 0 Å². The Morgan fingerprint density at radius 3 is 2.22 bits per heavy atom. The number of hydrogen-bond acceptors (Lipinski definition) is 5.